The predicted molar refractivity (Wildman–Crippen MR) is 59.8 cm³/mol. The second-order valence-corrected chi connectivity index (χ2v) is 4.30. The third-order valence-corrected chi connectivity index (χ3v) is 2.87. The molecule has 1 aliphatic heterocycles. The second kappa shape index (κ2) is 3.99. The molecule has 0 aliphatic carbocycles. The van der Waals surface area contributed by atoms with E-state index in [2.05, 4.69) is 35.9 Å². The summed E-state index contributed by atoms with van der Waals surface area (Å²) in [6.07, 6.45) is 4.64. The average Bonchev–Trinajstić information content (AvgIpc) is 2.71. The zero-order valence-electron chi connectivity index (χ0n) is 9.03. The molecule has 76 valence electrons. The van der Waals surface area contributed by atoms with Crippen molar-refractivity contribution in [3.05, 3.63) is 23.9 Å². The van der Waals surface area contributed by atoms with E-state index >= 15 is 0 Å². The van der Waals surface area contributed by atoms with E-state index in [9.17, 15) is 0 Å². The molecule has 1 aliphatic rings. The minimum atomic E-state index is 0.579. The smallest absolute Gasteiger partial charge is 0.128 e. The Morgan fingerprint density at radius 1 is 1.21 bits per heavy atom. The summed E-state index contributed by atoms with van der Waals surface area (Å²) in [5.41, 5.74) is 1.33. The topological polar surface area (TPSA) is 16.1 Å². The number of aromatic nitrogens is 1. The lowest BCUT2D eigenvalue weighted by atomic mass is 10.1. The van der Waals surface area contributed by atoms with E-state index in [1.54, 1.807) is 0 Å². The van der Waals surface area contributed by atoms with Gasteiger partial charge in [0.25, 0.3) is 0 Å². The minimum absolute atomic E-state index is 0.579. The zero-order chi connectivity index (χ0) is 9.97. The molecule has 0 radical (unpaired) electrons. The third-order valence-electron chi connectivity index (χ3n) is 2.87. The highest BCUT2D eigenvalue weighted by atomic mass is 15.2. The molecule has 14 heavy (non-hydrogen) atoms. The average molecular weight is 190 g/mol. The van der Waals surface area contributed by atoms with Gasteiger partial charge in [-0.15, -0.1) is 0 Å². The standard InChI is InChI=1S/C12H18N2/c1-10(2)11-5-6-12(13-9-11)14-7-3-4-8-14/h5-6,9-10H,3-4,7-8H2,1-2H3. The predicted octanol–water partition coefficient (Wildman–Crippen LogP) is 2.81. The summed E-state index contributed by atoms with van der Waals surface area (Å²) in [5, 5.41) is 0. The molecule has 1 saturated heterocycles. The van der Waals surface area contributed by atoms with Crippen LogP contribution in [-0.2, 0) is 0 Å². The monoisotopic (exact) mass is 190 g/mol. The first-order valence-electron chi connectivity index (χ1n) is 5.48. The molecular formula is C12H18N2. The first kappa shape index (κ1) is 9.50. The minimum Gasteiger partial charge on any atom is -0.357 e. The van der Waals surface area contributed by atoms with Gasteiger partial charge in [0.15, 0.2) is 0 Å². The van der Waals surface area contributed by atoms with Crippen LogP contribution in [0.3, 0.4) is 0 Å². The molecule has 0 spiro atoms. The normalized spacial score (nSPS) is 16.6. The lowest BCUT2D eigenvalue weighted by Crippen LogP contribution is -2.18. The summed E-state index contributed by atoms with van der Waals surface area (Å²) >= 11 is 0. The van der Waals surface area contributed by atoms with Gasteiger partial charge in [-0.25, -0.2) is 4.98 Å². The van der Waals surface area contributed by atoms with Crippen molar-refractivity contribution in [2.75, 3.05) is 18.0 Å². The van der Waals surface area contributed by atoms with Crippen molar-refractivity contribution < 1.29 is 0 Å². The number of anilines is 1. The van der Waals surface area contributed by atoms with E-state index in [4.69, 9.17) is 0 Å². The molecule has 0 atom stereocenters. The molecule has 0 aromatic carbocycles. The maximum atomic E-state index is 4.51. The van der Waals surface area contributed by atoms with Crippen molar-refractivity contribution in [1.82, 2.24) is 4.98 Å². The molecule has 0 unspecified atom stereocenters. The largest absolute Gasteiger partial charge is 0.357 e. The quantitative estimate of drug-likeness (QED) is 0.713. The summed E-state index contributed by atoms with van der Waals surface area (Å²) in [6, 6.07) is 4.35. The van der Waals surface area contributed by atoms with Crippen LogP contribution in [0, 0.1) is 0 Å². The van der Waals surface area contributed by atoms with Crippen LogP contribution in [0.4, 0.5) is 5.82 Å². The first-order valence-corrected chi connectivity index (χ1v) is 5.48. The Morgan fingerprint density at radius 3 is 2.43 bits per heavy atom. The molecule has 1 aromatic heterocycles. The molecule has 2 nitrogen and oxygen atoms in total. The van der Waals surface area contributed by atoms with Gasteiger partial charge < -0.3 is 4.90 Å². The molecule has 1 fully saturated rings. The molecule has 0 saturated carbocycles. The maximum Gasteiger partial charge on any atom is 0.128 e. The summed E-state index contributed by atoms with van der Waals surface area (Å²) in [4.78, 5) is 6.87. The fourth-order valence-electron chi connectivity index (χ4n) is 1.87. The highest BCUT2D eigenvalue weighted by Gasteiger charge is 2.13. The van der Waals surface area contributed by atoms with Gasteiger partial charge in [-0.05, 0) is 30.4 Å². The number of hydrogen-bond donors (Lipinski definition) is 0. The molecule has 2 heteroatoms. The van der Waals surface area contributed by atoms with E-state index < -0.39 is 0 Å². The lowest BCUT2D eigenvalue weighted by molar-refractivity contribution is 0.851. The summed E-state index contributed by atoms with van der Waals surface area (Å²) in [6.45, 7) is 6.75. The van der Waals surface area contributed by atoms with E-state index in [-0.39, 0.29) is 0 Å². The van der Waals surface area contributed by atoms with Crippen molar-refractivity contribution in [3.8, 4) is 0 Å². The van der Waals surface area contributed by atoms with E-state index in [0.29, 0.717) is 5.92 Å². The van der Waals surface area contributed by atoms with Crippen LogP contribution in [0.5, 0.6) is 0 Å². The SMILES string of the molecule is CC(C)c1ccc(N2CCCC2)nc1. The van der Waals surface area contributed by atoms with E-state index in [1.165, 1.54) is 31.5 Å². The van der Waals surface area contributed by atoms with Crippen LogP contribution in [0.25, 0.3) is 0 Å². The molecular weight excluding hydrogens is 172 g/mol. The summed E-state index contributed by atoms with van der Waals surface area (Å²) in [7, 11) is 0. The van der Waals surface area contributed by atoms with Gasteiger partial charge >= 0.3 is 0 Å². The van der Waals surface area contributed by atoms with Crippen molar-refractivity contribution in [1.29, 1.82) is 0 Å². The summed E-state index contributed by atoms with van der Waals surface area (Å²) < 4.78 is 0. The van der Waals surface area contributed by atoms with Gasteiger partial charge in [0.2, 0.25) is 0 Å². The molecule has 1 aromatic rings. The molecule has 0 N–H and O–H groups in total. The Bertz CT molecular complexity index is 284. The molecule has 2 heterocycles. The van der Waals surface area contributed by atoms with Gasteiger partial charge in [-0.1, -0.05) is 19.9 Å². The fourth-order valence-corrected chi connectivity index (χ4v) is 1.87. The number of rotatable bonds is 2. The number of hydrogen-bond acceptors (Lipinski definition) is 2. The Labute approximate surface area is 86.0 Å². The van der Waals surface area contributed by atoms with Crippen molar-refractivity contribution in [2.45, 2.75) is 32.6 Å². The van der Waals surface area contributed by atoms with Gasteiger partial charge in [-0.3, -0.25) is 0 Å². The summed E-state index contributed by atoms with van der Waals surface area (Å²) in [5.74, 6) is 1.72. The Kier molecular flexibility index (Phi) is 2.71. The van der Waals surface area contributed by atoms with Crippen LogP contribution in [0.2, 0.25) is 0 Å². The Morgan fingerprint density at radius 2 is 1.93 bits per heavy atom. The van der Waals surface area contributed by atoms with Gasteiger partial charge in [0.1, 0.15) is 5.82 Å². The molecule has 0 amide bonds. The van der Waals surface area contributed by atoms with E-state index in [1.807, 2.05) is 6.20 Å². The molecule has 0 bridgehead atoms. The fraction of sp³-hybridized carbons (Fsp3) is 0.583. The third kappa shape index (κ3) is 1.89. The van der Waals surface area contributed by atoms with Crippen LogP contribution in [-0.4, -0.2) is 18.1 Å². The highest BCUT2D eigenvalue weighted by Crippen LogP contribution is 2.20. The number of pyridine rings is 1. The Hall–Kier alpha value is -1.05. The second-order valence-electron chi connectivity index (χ2n) is 4.30. The van der Waals surface area contributed by atoms with Gasteiger partial charge in [0.05, 0.1) is 0 Å². The van der Waals surface area contributed by atoms with Crippen LogP contribution < -0.4 is 4.90 Å². The number of nitrogens with zero attached hydrogens (tertiary/aromatic N) is 2. The maximum absolute atomic E-state index is 4.51. The zero-order valence-corrected chi connectivity index (χ0v) is 9.03. The van der Waals surface area contributed by atoms with Gasteiger partial charge in [-0.2, -0.15) is 0 Å². The Balaban J connectivity index is 2.12. The lowest BCUT2D eigenvalue weighted by Gasteiger charge is -2.16. The van der Waals surface area contributed by atoms with Crippen LogP contribution in [0.15, 0.2) is 18.3 Å². The van der Waals surface area contributed by atoms with Gasteiger partial charge in [0, 0.05) is 19.3 Å². The highest BCUT2D eigenvalue weighted by molar-refractivity contribution is 5.40. The van der Waals surface area contributed by atoms with Crippen molar-refractivity contribution in [3.63, 3.8) is 0 Å². The first-order chi connectivity index (χ1) is 6.77. The van der Waals surface area contributed by atoms with Crippen LogP contribution >= 0.6 is 0 Å². The van der Waals surface area contributed by atoms with E-state index in [0.717, 1.165) is 5.82 Å². The van der Waals surface area contributed by atoms with Crippen molar-refractivity contribution >= 4 is 5.82 Å². The molecule has 2 rings (SSSR count). The van der Waals surface area contributed by atoms with Crippen molar-refractivity contribution in [2.24, 2.45) is 0 Å². The van der Waals surface area contributed by atoms with Crippen LogP contribution in [0.1, 0.15) is 38.2 Å².